The second-order valence-corrected chi connectivity index (χ2v) is 7.88. The van der Waals surface area contributed by atoms with E-state index in [1.54, 1.807) is 13.8 Å². The van der Waals surface area contributed by atoms with Crippen LogP contribution in [0, 0.1) is 17.2 Å². The third kappa shape index (κ3) is 5.03. The van der Waals surface area contributed by atoms with E-state index < -0.39 is 11.9 Å². The second-order valence-electron chi connectivity index (χ2n) is 7.88. The van der Waals surface area contributed by atoms with Crippen molar-refractivity contribution >= 4 is 5.97 Å². The SMILES string of the molecule is CCOC(=O)C1=C(C)OC(N)=C(C#N)C1c1cccc(COCC2CCCCC2)c1. The summed E-state index contributed by atoms with van der Waals surface area (Å²) in [7, 11) is 0. The monoisotopic (exact) mass is 410 g/mol. The van der Waals surface area contributed by atoms with Gasteiger partial charge in [0.05, 0.1) is 24.7 Å². The highest BCUT2D eigenvalue weighted by molar-refractivity contribution is 5.92. The smallest absolute Gasteiger partial charge is 0.338 e. The molecule has 6 heteroatoms. The first-order valence-electron chi connectivity index (χ1n) is 10.7. The topological polar surface area (TPSA) is 94.6 Å². The predicted molar refractivity (Wildman–Crippen MR) is 113 cm³/mol. The molecule has 1 atom stereocenters. The molecule has 1 unspecified atom stereocenters. The number of carbonyl (C=O) groups excluding carboxylic acids is 1. The Balaban J connectivity index is 1.82. The molecule has 160 valence electrons. The van der Waals surface area contributed by atoms with Crippen LogP contribution in [0.3, 0.4) is 0 Å². The van der Waals surface area contributed by atoms with Crippen LogP contribution < -0.4 is 5.73 Å². The molecule has 30 heavy (non-hydrogen) atoms. The van der Waals surface area contributed by atoms with Gasteiger partial charge in [-0.25, -0.2) is 4.79 Å². The van der Waals surface area contributed by atoms with Gasteiger partial charge in [0, 0.05) is 6.61 Å². The normalized spacial score (nSPS) is 20.0. The van der Waals surface area contributed by atoms with Crippen LogP contribution in [0.15, 0.2) is 47.1 Å². The summed E-state index contributed by atoms with van der Waals surface area (Å²) in [5.41, 5.74) is 8.27. The Morgan fingerprint density at radius 2 is 2.07 bits per heavy atom. The van der Waals surface area contributed by atoms with Crippen LogP contribution >= 0.6 is 0 Å². The first-order valence-corrected chi connectivity index (χ1v) is 10.7. The lowest BCUT2D eigenvalue weighted by Crippen LogP contribution is -2.25. The Labute approximate surface area is 178 Å². The van der Waals surface area contributed by atoms with Crippen LogP contribution in [0.5, 0.6) is 0 Å². The maximum absolute atomic E-state index is 12.6. The molecule has 1 aromatic rings. The number of hydrogen-bond acceptors (Lipinski definition) is 6. The number of nitrogens with zero attached hydrogens (tertiary/aromatic N) is 1. The van der Waals surface area contributed by atoms with E-state index in [1.807, 2.05) is 24.3 Å². The standard InChI is InChI=1S/C24H30N2O4/c1-3-29-24(27)21-16(2)30-23(26)20(13-25)22(21)19-11-7-10-18(12-19)15-28-14-17-8-5-4-6-9-17/h7,10-12,17,22H,3-6,8-9,14-15,26H2,1-2H3. The van der Waals surface area contributed by atoms with Crippen LogP contribution in [0.1, 0.15) is 63.0 Å². The highest BCUT2D eigenvalue weighted by atomic mass is 16.5. The lowest BCUT2D eigenvalue weighted by molar-refractivity contribution is -0.139. The first kappa shape index (κ1) is 21.9. The molecule has 0 bridgehead atoms. The number of hydrogen-bond donors (Lipinski definition) is 1. The summed E-state index contributed by atoms with van der Waals surface area (Å²) in [6.45, 7) is 4.90. The van der Waals surface area contributed by atoms with Gasteiger partial charge >= 0.3 is 5.97 Å². The molecule has 0 saturated heterocycles. The number of benzene rings is 1. The Morgan fingerprint density at radius 3 is 2.77 bits per heavy atom. The van der Waals surface area contributed by atoms with Gasteiger partial charge in [0.1, 0.15) is 17.4 Å². The summed E-state index contributed by atoms with van der Waals surface area (Å²) >= 11 is 0. The molecule has 1 aliphatic heterocycles. The van der Waals surface area contributed by atoms with E-state index in [0.717, 1.165) is 17.7 Å². The molecule has 0 amide bonds. The average molecular weight is 411 g/mol. The molecule has 1 heterocycles. The van der Waals surface area contributed by atoms with Crippen molar-refractivity contribution < 1.29 is 19.0 Å². The van der Waals surface area contributed by atoms with Crippen molar-refractivity contribution in [2.75, 3.05) is 13.2 Å². The minimum atomic E-state index is -0.624. The molecule has 6 nitrogen and oxygen atoms in total. The molecule has 1 fully saturated rings. The van der Waals surface area contributed by atoms with Crippen molar-refractivity contribution in [1.82, 2.24) is 0 Å². The van der Waals surface area contributed by atoms with Gasteiger partial charge in [-0.3, -0.25) is 0 Å². The largest absolute Gasteiger partial charge is 0.463 e. The molecular weight excluding hydrogens is 380 g/mol. The van der Waals surface area contributed by atoms with Crippen LogP contribution in [0.2, 0.25) is 0 Å². The molecule has 0 radical (unpaired) electrons. The fraction of sp³-hybridized carbons (Fsp3) is 0.500. The van der Waals surface area contributed by atoms with E-state index in [9.17, 15) is 10.1 Å². The Morgan fingerprint density at radius 1 is 1.30 bits per heavy atom. The number of ether oxygens (including phenoxy) is 3. The number of esters is 1. The van der Waals surface area contributed by atoms with Crippen molar-refractivity contribution in [2.45, 2.75) is 58.5 Å². The maximum atomic E-state index is 12.6. The quantitative estimate of drug-likeness (QED) is 0.668. The van der Waals surface area contributed by atoms with E-state index >= 15 is 0 Å². The summed E-state index contributed by atoms with van der Waals surface area (Å²) in [6, 6.07) is 9.86. The number of allylic oxidation sites excluding steroid dienone is 2. The number of nitriles is 1. The van der Waals surface area contributed by atoms with Gasteiger partial charge in [-0.15, -0.1) is 0 Å². The van der Waals surface area contributed by atoms with E-state index in [0.29, 0.717) is 23.9 Å². The molecule has 2 aliphatic rings. The summed E-state index contributed by atoms with van der Waals surface area (Å²) in [5, 5.41) is 9.70. The Hall–Kier alpha value is -2.78. The fourth-order valence-corrected chi connectivity index (χ4v) is 4.25. The van der Waals surface area contributed by atoms with E-state index in [2.05, 4.69) is 6.07 Å². The van der Waals surface area contributed by atoms with Crippen molar-refractivity contribution in [3.05, 3.63) is 58.2 Å². The summed E-state index contributed by atoms with van der Waals surface area (Å²) in [4.78, 5) is 12.6. The fourth-order valence-electron chi connectivity index (χ4n) is 4.25. The molecule has 0 aromatic heterocycles. The van der Waals surface area contributed by atoms with Gasteiger partial charge in [0.2, 0.25) is 5.88 Å². The predicted octanol–water partition coefficient (Wildman–Crippen LogP) is 4.43. The number of carbonyl (C=O) groups is 1. The third-order valence-corrected chi connectivity index (χ3v) is 5.73. The number of rotatable bonds is 7. The Bertz CT molecular complexity index is 875. The van der Waals surface area contributed by atoms with Crippen LogP contribution in [0.4, 0.5) is 0 Å². The van der Waals surface area contributed by atoms with Crippen LogP contribution in [0.25, 0.3) is 0 Å². The first-order chi connectivity index (χ1) is 14.5. The molecule has 1 aromatic carbocycles. The van der Waals surface area contributed by atoms with Gasteiger partial charge in [0.15, 0.2) is 0 Å². The Kier molecular flexibility index (Phi) is 7.53. The molecule has 1 saturated carbocycles. The summed E-state index contributed by atoms with van der Waals surface area (Å²) in [5.74, 6) is -0.104. The van der Waals surface area contributed by atoms with E-state index in [1.165, 1.54) is 32.1 Å². The van der Waals surface area contributed by atoms with Crippen molar-refractivity contribution in [2.24, 2.45) is 11.7 Å². The van der Waals surface area contributed by atoms with Crippen molar-refractivity contribution in [3.8, 4) is 6.07 Å². The molecular formula is C24H30N2O4. The maximum Gasteiger partial charge on any atom is 0.338 e. The minimum Gasteiger partial charge on any atom is -0.463 e. The van der Waals surface area contributed by atoms with Gasteiger partial charge in [0.25, 0.3) is 0 Å². The third-order valence-electron chi connectivity index (χ3n) is 5.73. The average Bonchev–Trinajstić information content (AvgIpc) is 2.74. The lowest BCUT2D eigenvalue weighted by atomic mass is 9.82. The zero-order valence-corrected chi connectivity index (χ0v) is 17.8. The lowest BCUT2D eigenvalue weighted by Gasteiger charge is -2.27. The molecule has 3 rings (SSSR count). The van der Waals surface area contributed by atoms with Crippen LogP contribution in [-0.2, 0) is 25.6 Å². The highest BCUT2D eigenvalue weighted by Crippen LogP contribution is 2.39. The minimum absolute atomic E-state index is 0.0204. The molecule has 1 aliphatic carbocycles. The zero-order valence-electron chi connectivity index (χ0n) is 17.8. The van der Waals surface area contributed by atoms with Crippen molar-refractivity contribution in [3.63, 3.8) is 0 Å². The highest BCUT2D eigenvalue weighted by Gasteiger charge is 2.36. The van der Waals surface area contributed by atoms with Gasteiger partial charge in [-0.2, -0.15) is 5.26 Å². The van der Waals surface area contributed by atoms with Gasteiger partial charge < -0.3 is 19.9 Å². The molecule has 2 N–H and O–H groups in total. The molecule has 0 spiro atoms. The zero-order chi connectivity index (χ0) is 21.5. The number of nitrogens with two attached hydrogens (primary N) is 1. The summed E-state index contributed by atoms with van der Waals surface area (Å²) < 4.78 is 16.7. The van der Waals surface area contributed by atoms with Gasteiger partial charge in [-0.05, 0) is 43.7 Å². The van der Waals surface area contributed by atoms with Crippen molar-refractivity contribution in [1.29, 1.82) is 5.26 Å². The van der Waals surface area contributed by atoms with Gasteiger partial charge in [-0.1, -0.05) is 43.5 Å². The second kappa shape index (κ2) is 10.3. The van der Waals surface area contributed by atoms with Crippen LogP contribution in [-0.4, -0.2) is 19.2 Å². The summed E-state index contributed by atoms with van der Waals surface area (Å²) in [6.07, 6.45) is 6.40. The van der Waals surface area contributed by atoms with E-state index in [4.69, 9.17) is 19.9 Å². The van der Waals surface area contributed by atoms with E-state index in [-0.39, 0.29) is 18.1 Å².